The SMILES string of the molecule is CCN(C)C(=O)NC1CCN(C(=O)c2ccco2)CC1. The second-order valence-corrected chi connectivity index (χ2v) is 5.01. The van der Waals surface area contributed by atoms with Crippen molar-refractivity contribution >= 4 is 11.9 Å². The van der Waals surface area contributed by atoms with Gasteiger partial charge >= 0.3 is 6.03 Å². The van der Waals surface area contributed by atoms with Gasteiger partial charge in [0.05, 0.1) is 6.26 Å². The fraction of sp³-hybridized carbons (Fsp3) is 0.571. The minimum Gasteiger partial charge on any atom is -0.459 e. The van der Waals surface area contributed by atoms with Gasteiger partial charge in [-0.15, -0.1) is 0 Å². The van der Waals surface area contributed by atoms with Gasteiger partial charge in [-0.05, 0) is 31.9 Å². The molecule has 0 unspecified atom stereocenters. The Balaban J connectivity index is 1.81. The van der Waals surface area contributed by atoms with Gasteiger partial charge in [-0.2, -0.15) is 0 Å². The summed E-state index contributed by atoms with van der Waals surface area (Å²) in [6, 6.07) is 3.47. The summed E-state index contributed by atoms with van der Waals surface area (Å²) in [4.78, 5) is 27.3. The molecule has 1 N–H and O–H groups in total. The molecule has 0 aromatic carbocycles. The van der Waals surface area contributed by atoms with Gasteiger partial charge in [0, 0.05) is 32.7 Å². The molecule has 3 amide bonds. The van der Waals surface area contributed by atoms with Crippen LogP contribution in [-0.2, 0) is 0 Å². The Morgan fingerprint density at radius 1 is 1.45 bits per heavy atom. The van der Waals surface area contributed by atoms with Crippen LogP contribution in [0, 0.1) is 0 Å². The van der Waals surface area contributed by atoms with Crippen LogP contribution in [-0.4, -0.2) is 54.5 Å². The molecule has 1 saturated heterocycles. The van der Waals surface area contributed by atoms with Crippen molar-refractivity contribution in [1.82, 2.24) is 15.1 Å². The highest BCUT2D eigenvalue weighted by molar-refractivity contribution is 5.91. The van der Waals surface area contributed by atoms with E-state index in [1.807, 2.05) is 6.92 Å². The fourth-order valence-corrected chi connectivity index (χ4v) is 2.21. The smallest absolute Gasteiger partial charge is 0.317 e. The average Bonchev–Trinajstić information content (AvgIpc) is 3.00. The number of carbonyl (C=O) groups is 2. The zero-order chi connectivity index (χ0) is 14.5. The molecule has 0 radical (unpaired) electrons. The largest absolute Gasteiger partial charge is 0.459 e. The molecule has 0 saturated carbocycles. The lowest BCUT2D eigenvalue weighted by Gasteiger charge is -2.32. The number of nitrogens with zero attached hydrogens (tertiary/aromatic N) is 2. The molecule has 0 atom stereocenters. The van der Waals surface area contributed by atoms with E-state index in [0.29, 0.717) is 25.4 Å². The Morgan fingerprint density at radius 3 is 2.70 bits per heavy atom. The van der Waals surface area contributed by atoms with Crippen molar-refractivity contribution in [3.63, 3.8) is 0 Å². The van der Waals surface area contributed by atoms with Crippen LogP contribution >= 0.6 is 0 Å². The van der Waals surface area contributed by atoms with E-state index in [0.717, 1.165) is 12.8 Å². The maximum Gasteiger partial charge on any atom is 0.317 e. The van der Waals surface area contributed by atoms with Gasteiger partial charge in [-0.3, -0.25) is 4.79 Å². The van der Waals surface area contributed by atoms with Crippen LogP contribution in [0.1, 0.15) is 30.3 Å². The zero-order valence-corrected chi connectivity index (χ0v) is 12.0. The molecule has 6 nitrogen and oxygen atoms in total. The van der Waals surface area contributed by atoms with Crippen molar-refractivity contribution in [1.29, 1.82) is 0 Å². The topological polar surface area (TPSA) is 65.8 Å². The lowest BCUT2D eigenvalue weighted by molar-refractivity contribution is 0.0675. The summed E-state index contributed by atoms with van der Waals surface area (Å²) in [6.07, 6.45) is 3.05. The predicted molar refractivity (Wildman–Crippen MR) is 74.5 cm³/mol. The molecule has 1 aliphatic rings. The summed E-state index contributed by atoms with van der Waals surface area (Å²) >= 11 is 0. The van der Waals surface area contributed by atoms with Crippen molar-refractivity contribution < 1.29 is 14.0 Å². The molecule has 20 heavy (non-hydrogen) atoms. The van der Waals surface area contributed by atoms with Crippen LogP contribution < -0.4 is 5.32 Å². The summed E-state index contributed by atoms with van der Waals surface area (Å²) in [6.45, 7) is 3.90. The molecule has 0 bridgehead atoms. The van der Waals surface area contributed by atoms with Gasteiger partial charge in [0.15, 0.2) is 5.76 Å². The number of likely N-dealkylation sites (tertiary alicyclic amines) is 1. The first-order valence-corrected chi connectivity index (χ1v) is 6.96. The molecule has 1 aliphatic heterocycles. The normalized spacial score (nSPS) is 16.0. The van der Waals surface area contributed by atoms with Crippen LogP contribution in [0.15, 0.2) is 22.8 Å². The highest BCUT2D eigenvalue weighted by Gasteiger charge is 2.26. The van der Waals surface area contributed by atoms with E-state index in [9.17, 15) is 9.59 Å². The molecule has 110 valence electrons. The van der Waals surface area contributed by atoms with Crippen LogP contribution in [0.2, 0.25) is 0 Å². The molecular weight excluding hydrogens is 258 g/mol. The summed E-state index contributed by atoms with van der Waals surface area (Å²) in [5, 5.41) is 2.99. The summed E-state index contributed by atoms with van der Waals surface area (Å²) in [7, 11) is 1.77. The van der Waals surface area contributed by atoms with E-state index in [-0.39, 0.29) is 18.0 Å². The highest BCUT2D eigenvalue weighted by Crippen LogP contribution is 2.14. The Morgan fingerprint density at radius 2 is 2.15 bits per heavy atom. The number of urea groups is 1. The maximum absolute atomic E-state index is 12.1. The zero-order valence-electron chi connectivity index (χ0n) is 12.0. The van der Waals surface area contributed by atoms with Crippen molar-refractivity contribution in [2.24, 2.45) is 0 Å². The van der Waals surface area contributed by atoms with Crippen LogP contribution in [0.5, 0.6) is 0 Å². The number of furan rings is 1. The van der Waals surface area contributed by atoms with Crippen LogP contribution in [0.3, 0.4) is 0 Å². The molecule has 0 spiro atoms. The summed E-state index contributed by atoms with van der Waals surface area (Å²) in [5.74, 6) is 0.295. The second-order valence-electron chi connectivity index (χ2n) is 5.01. The average molecular weight is 279 g/mol. The number of carbonyl (C=O) groups excluding carboxylic acids is 2. The molecule has 2 rings (SSSR count). The Kier molecular flexibility index (Phi) is 4.65. The van der Waals surface area contributed by atoms with Gasteiger partial charge in [0.2, 0.25) is 0 Å². The van der Waals surface area contributed by atoms with Crippen LogP contribution in [0.25, 0.3) is 0 Å². The monoisotopic (exact) mass is 279 g/mol. The van der Waals surface area contributed by atoms with Crippen LogP contribution in [0.4, 0.5) is 4.79 Å². The third kappa shape index (κ3) is 3.31. The van der Waals surface area contributed by atoms with E-state index in [2.05, 4.69) is 5.32 Å². The molecular formula is C14H21N3O3. The van der Waals surface area contributed by atoms with Crippen molar-refractivity contribution in [3.05, 3.63) is 24.2 Å². The van der Waals surface area contributed by atoms with E-state index in [1.54, 1.807) is 29.0 Å². The predicted octanol–water partition coefficient (Wildman–Crippen LogP) is 1.55. The quantitative estimate of drug-likeness (QED) is 0.913. The third-order valence-corrected chi connectivity index (χ3v) is 3.66. The standard InChI is InChI=1S/C14H21N3O3/c1-3-16(2)14(19)15-11-6-8-17(9-7-11)13(18)12-5-4-10-20-12/h4-5,10-11H,3,6-9H2,1-2H3,(H,15,19). The Bertz CT molecular complexity index is 450. The number of hydrogen-bond acceptors (Lipinski definition) is 3. The van der Waals surface area contributed by atoms with E-state index in [4.69, 9.17) is 4.42 Å². The molecule has 1 fully saturated rings. The first-order valence-electron chi connectivity index (χ1n) is 6.96. The van der Waals surface area contributed by atoms with E-state index < -0.39 is 0 Å². The van der Waals surface area contributed by atoms with Gasteiger partial charge in [-0.1, -0.05) is 0 Å². The maximum atomic E-state index is 12.1. The minimum atomic E-state index is -0.0783. The van der Waals surface area contributed by atoms with Gasteiger partial charge < -0.3 is 19.5 Å². The number of hydrogen-bond donors (Lipinski definition) is 1. The lowest BCUT2D eigenvalue weighted by Crippen LogP contribution is -2.49. The van der Waals surface area contributed by atoms with Crippen molar-refractivity contribution in [3.8, 4) is 0 Å². The summed E-state index contributed by atoms with van der Waals surface area (Å²) in [5.41, 5.74) is 0. The Hall–Kier alpha value is -1.98. The van der Waals surface area contributed by atoms with Gasteiger partial charge in [-0.25, -0.2) is 4.79 Å². The van der Waals surface area contributed by atoms with E-state index in [1.165, 1.54) is 6.26 Å². The second kappa shape index (κ2) is 6.45. The number of amides is 3. The summed E-state index contributed by atoms with van der Waals surface area (Å²) < 4.78 is 5.12. The fourth-order valence-electron chi connectivity index (χ4n) is 2.21. The number of rotatable bonds is 3. The number of piperidine rings is 1. The molecule has 2 heterocycles. The first kappa shape index (κ1) is 14.4. The highest BCUT2D eigenvalue weighted by atomic mass is 16.3. The van der Waals surface area contributed by atoms with E-state index >= 15 is 0 Å². The molecule has 0 aliphatic carbocycles. The minimum absolute atomic E-state index is 0.0525. The molecule has 1 aromatic heterocycles. The van der Waals surface area contributed by atoms with Gasteiger partial charge in [0.1, 0.15) is 0 Å². The molecule has 6 heteroatoms. The number of nitrogens with one attached hydrogen (secondary N) is 1. The third-order valence-electron chi connectivity index (χ3n) is 3.66. The van der Waals surface area contributed by atoms with Crippen molar-refractivity contribution in [2.75, 3.05) is 26.7 Å². The molecule has 1 aromatic rings. The first-order chi connectivity index (χ1) is 9.61. The Labute approximate surface area is 118 Å². The van der Waals surface area contributed by atoms with Gasteiger partial charge in [0.25, 0.3) is 5.91 Å². The van der Waals surface area contributed by atoms with Crippen molar-refractivity contribution in [2.45, 2.75) is 25.8 Å². The lowest BCUT2D eigenvalue weighted by atomic mass is 10.0.